The molecule has 0 amide bonds. The molecule has 116 valence electrons. The van der Waals surface area contributed by atoms with Gasteiger partial charge in [0.2, 0.25) is 0 Å². The predicted octanol–water partition coefficient (Wildman–Crippen LogP) is 7.08. The summed E-state index contributed by atoms with van der Waals surface area (Å²) in [7, 11) is 0. The Morgan fingerprint density at radius 1 is 0.842 bits per heavy atom. The van der Waals surface area contributed by atoms with Gasteiger partial charge in [0.25, 0.3) is 0 Å². The smallest absolute Gasteiger partial charge is 0.0354 e. The minimum Gasteiger partial charge on any atom is -0.0628 e. The van der Waals surface area contributed by atoms with Crippen molar-refractivity contribution in [3.8, 4) is 0 Å². The third-order valence-electron chi connectivity index (χ3n) is 4.30. The molecule has 1 fully saturated rings. The van der Waals surface area contributed by atoms with Gasteiger partial charge in [0, 0.05) is 0 Å². The number of hydrogen-bond donors (Lipinski definition) is 0. The minimum absolute atomic E-state index is 0.532. The molecule has 0 radical (unpaired) electrons. The lowest BCUT2D eigenvalue weighted by molar-refractivity contribution is 0.180. The van der Waals surface area contributed by atoms with Crippen molar-refractivity contribution in [2.75, 3.05) is 0 Å². The standard InChI is InChI=1S/C10H20.C9H20/c1-10(2,3)9-7-5-4-6-8-9;1-8(2)6-7-9(3,4)5/h9H,4-8H2,1-3H3;8H,6-7H2,1-5H3. The van der Waals surface area contributed by atoms with E-state index in [0.29, 0.717) is 10.8 Å². The lowest BCUT2D eigenvalue weighted by Crippen LogP contribution is -2.22. The predicted molar refractivity (Wildman–Crippen MR) is 89.6 cm³/mol. The van der Waals surface area contributed by atoms with Gasteiger partial charge < -0.3 is 0 Å². The summed E-state index contributed by atoms with van der Waals surface area (Å²) in [6.45, 7) is 18.6. The van der Waals surface area contributed by atoms with E-state index in [9.17, 15) is 0 Å². The molecule has 1 saturated carbocycles. The first-order valence-electron chi connectivity index (χ1n) is 8.52. The zero-order valence-electron chi connectivity index (χ0n) is 15.1. The summed E-state index contributed by atoms with van der Waals surface area (Å²) in [5, 5.41) is 0. The van der Waals surface area contributed by atoms with Crippen LogP contribution in [0.2, 0.25) is 0 Å². The van der Waals surface area contributed by atoms with Crippen LogP contribution in [0.15, 0.2) is 0 Å². The van der Waals surface area contributed by atoms with E-state index in [1.54, 1.807) is 0 Å². The molecule has 0 heteroatoms. The Morgan fingerprint density at radius 3 is 1.53 bits per heavy atom. The number of rotatable bonds is 2. The van der Waals surface area contributed by atoms with Crippen LogP contribution in [0.4, 0.5) is 0 Å². The van der Waals surface area contributed by atoms with Gasteiger partial charge in [-0.25, -0.2) is 0 Å². The summed E-state index contributed by atoms with van der Waals surface area (Å²) in [5.74, 6) is 1.87. The van der Waals surface area contributed by atoms with E-state index in [2.05, 4.69) is 55.4 Å². The molecule has 0 unspecified atom stereocenters. The fraction of sp³-hybridized carbons (Fsp3) is 1.00. The summed E-state index contributed by atoms with van der Waals surface area (Å²) in [6, 6.07) is 0. The van der Waals surface area contributed by atoms with Crippen molar-refractivity contribution in [1.82, 2.24) is 0 Å². The Bertz CT molecular complexity index is 205. The molecule has 1 aliphatic carbocycles. The second-order valence-corrected chi connectivity index (χ2v) is 9.19. The molecule has 1 rings (SSSR count). The van der Waals surface area contributed by atoms with Crippen LogP contribution in [-0.4, -0.2) is 0 Å². The van der Waals surface area contributed by atoms with Gasteiger partial charge in [0.1, 0.15) is 0 Å². The van der Waals surface area contributed by atoms with Gasteiger partial charge in [0.15, 0.2) is 0 Å². The molecule has 1 aliphatic rings. The van der Waals surface area contributed by atoms with Crippen molar-refractivity contribution in [1.29, 1.82) is 0 Å². The minimum atomic E-state index is 0.532. The fourth-order valence-corrected chi connectivity index (χ4v) is 2.69. The lowest BCUT2D eigenvalue weighted by Gasteiger charge is -2.33. The van der Waals surface area contributed by atoms with Gasteiger partial charge in [0.05, 0.1) is 0 Å². The van der Waals surface area contributed by atoms with Crippen LogP contribution in [0.3, 0.4) is 0 Å². The third kappa shape index (κ3) is 11.5. The molecule has 0 aliphatic heterocycles. The van der Waals surface area contributed by atoms with Crippen LogP contribution in [0.5, 0.6) is 0 Å². The van der Waals surface area contributed by atoms with Crippen molar-refractivity contribution < 1.29 is 0 Å². The first-order chi connectivity index (χ1) is 8.52. The van der Waals surface area contributed by atoms with Gasteiger partial charge in [-0.05, 0) is 41.9 Å². The Balaban J connectivity index is 0.000000344. The van der Waals surface area contributed by atoms with Crippen molar-refractivity contribution in [2.45, 2.75) is 100 Å². The van der Waals surface area contributed by atoms with E-state index in [0.717, 1.165) is 11.8 Å². The monoisotopic (exact) mass is 268 g/mol. The maximum atomic E-state index is 2.38. The van der Waals surface area contributed by atoms with Gasteiger partial charge in [-0.15, -0.1) is 0 Å². The highest BCUT2D eigenvalue weighted by Gasteiger charge is 2.25. The molecule has 0 saturated heterocycles. The summed E-state index contributed by atoms with van der Waals surface area (Å²) < 4.78 is 0. The highest BCUT2D eigenvalue weighted by molar-refractivity contribution is 4.76. The van der Waals surface area contributed by atoms with Crippen molar-refractivity contribution in [3.05, 3.63) is 0 Å². The number of hydrogen-bond acceptors (Lipinski definition) is 0. The normalized spacial score (nSPS) is 18.2. The molecule has 0 aromatic carbocycles. The second kappa shape index (κ2) is 8.32. The van der Waals surface area contributed by atoms with E-state index in [-0.39, 0.29) is 0 Å². The van der Waals surface area contributed by atoms with E-state index < -0.39 is 0 Å². The molecule has 0 atom stereocenters. The molecule has 0 heterocycles. The molecule has 0 aromatic heterocycles. The summed E-state index contributed by atoms with van der Waals surface area (Å²) >= 11 is 0. The van der Waals surface area contributed by atoms with Crippen LogP contribution < -0.4 is 0 Å². The molecular formula is C19H40. The van der Waals surface area contributed by atoms with E-state index in [4.69, 9.17) is 0 Å². The van der Waals surface area contributed by atoms with Crippen molar-refractivity contribution >= 4 is 0 Å². The molecule has 0 spiro atoms. The van der Waals surface area contributed by atoms with Crippen LogP contribution in [0, 0.1) is 22.7 Å². The van der Waals surface area contributed by atoms with Gasteiger partial charge in [-0.1, -0.05) is 81.1 Å². The Hall–Kier alpha value is 0. The Kier molecular flexibility index (Phi) is 8.32. The largest absolute Gasteiger partial charge is 0.0628 e. The first-order valence-corrected chi connectivity index (χ1v) is 8.52. The van der Waals surface area contributed by atoms with Crippen LogP contribution in [-0.2, 0) is 0 Å². The van der Waals surface area contributed by atoms with Crippen molar-refractivity contribution in [2.24, 2.45) is 22.7 Å². The van der Waals surface area contributed by atoms with Crippen LogP contribution in [0.25, 0.3) is 0 Å². The highest BCUT2D eigenvalue weighted by Crippen LogP contribution is 2.37. The van der Waals surface area contributed by atoms with E-state index in [1.807, 2.05) is 0 Å². The molecule has 0 aromatic rings. The maximum Gasteiger partial charge on any atom is -0.0354 e. The topological polar surface area (TPSA) is 0 Å². The first kappa shape index (κ1) is 19.0. The summed E-state index contributed by atoms with van der Waals surface area (Å²) in [6.07, 6.45) is 10.1. The van der Waals surface area contributed by atoms with E-state index in [1.165, 1.54) is 44.9 Å². The quantitative estimate of drug-likeness (QED) is 0.502. The molecule has 0 nitrogen and oxygen atoms in total. The SMILES string of the molecule is CC(C)(C)C1CCCCC1.CC(C)CCC(C)(C)C. The Morgan fingerprint density at radius 2 is 1.32 bits per heavy atom. The van der Waals surface area contributed by atoms with Crippen LogP contribution in [0.1, 0.15) is 100 Å². The van der Waals surface area contributed by atoms with Crippen LogP contribution >= 0.6 is 0 Å². The summed E-state index contributed by atoms with van der Waals surface area (Å²) in [5.41, 5.74) is 1.10. The third-order valence-corrected chi connectivity index (χ3v) is 4.30. The van der Waals surface area contributed by atoms with E-state index >= 15 is 0 Å². The van der Waals surface area contributed by atoms with Gasteiger partial charge in [-0.3, -0.25) is 0 Å². The molecule has 19 heavy (non-hydrogen) atoms. The molecular weight excluding hydrogens is 228 g/mol. The molecule has 0 bridgehead atoms. The fourth-order valence-electron chi connectivity index (χ4n) is 2.69. The average molecular weight is 269 g/mol. The lowest BCUT2D eigenvalue weighted by atomic mass is 9.72. The maximum absolute atomic E-state index is 2.38. The van der Waals surface area contributed by atoms with Crippen molar-refractivity contribution in [3.63, 3.8) is 0 Å². The summed E-state index contributed by atoms with van der Waals surface area (Å²) in [4.78, 5) is 0. The highest BCUT2D eigenvalue weighted by atomic mass is 14.3. The Labute approximate surface area is 123 Å². The molecule has 0 N–H and O–H groups in total. The van der Waals surface area contributed by atoms with Gasteiger partial charge in [-0.2, -0.15) is 0 Å². The van der Waals surface area contributed by atoms with Gasteiger partial charge >= 0.3 is 0 Å². The zero-order valence-corrected chi connectivity index (χ0v) is 15.1. The second-order valence-electron chi connectivity index (χ2n) is 9.19. The zero-order chi connectivity index (χ0) is 15.1. The average Bonchev–Trinajstić information content (AvgIpc) is 2.26.